The fourth-order valence-electron chi connectivity index (χ4n) is 3.26. The first-order valence-corrected chi connectivity index (χ1v) is 8.99. The van der Waals surface area contributed by atoms with Crippen LogP contribution in [0.2, 0.25) is 0 Å². The van der Waals surface area contributed by atoms with Crippen molar-refractivity contribution < 1.29 is 9.59 Å². The van der Waals surface area contributed by atoms with E-state index in [1.807, 2.05) is 6.07 Å². The summed E-state index contributed by atoms with van der Waals surface area (Å²) in [6.45, 7) is 0.698. The summed E-state index contributed by atoms with van der Waals surface area (Å²) in [7, 11) is 0. The summed E-state index contributed by atoms with van der Waals surface area (Å²) in [4.78, 5) is 28.8. The lowest BCUT2D eigenvalue weighted by molar-refractivity contribution is -0.121. The fraction of sp³-hybridized carbons (Fsp3) is 0.350. The number of hydrogen-bond acceptors (Lipinski definition) is 4. The molecule has 1 aromatic carbocycles. The van der Waals surface area contributed by atoms with E-state index in [9.17, 15) is 9.59 Å². The van der Waals surface area contributed by atoms with Gasteiger partial charge in [0, 0.05) is 29.4 Å². The summed E-state index contributed by atoms with van der Waals surface area (Å²) in [5.74, 6) is 0.755. The fourth-order valence-corrected chi connectivity index (χ4v) is 3.26. The molecule has 1 saturated carbocycles. The van der Waals surface area contributed by atoms with E-state index in [4.69, 9.17) is 5.73 Å². The standard InChI is InChI=1S/C20H24N4O2/c21-13-14-6-8-16(9-7-14)19(25)23-17-10-11-22-18(12-17)24-20(26)15-4-2-1-3-5-15/h1-5,10-12,14,16H,6-9,13,21H2,(H2,22,23,24,25,26)/t14-,16-. The van der Waals surface area contributed by atoms with Crippen LogP contribution in [0.4, 0.5) is 11.5 Å². The molecule has 1 fully saturated rings. The minimum Gasteiger partial charge on any atom is -0.330 e. The summed E-state index contributed by atoms with van der Waals surface area (Å²) >= 11 is 0. The SMILES string of the molecule is NC[C@H]1CC[C@H](C(=O)Nc2ccnc(NC(=O)c3ccccc3)c2)CC1. The first-order valence-electron chi connectivity index (χ1n) is 8.99. The van der Waals surface area contributed by atoms with Crippen molar-refractivity contribution in [2.24, 2.45) is 17.6 Å². The molecule has 0 saturated heterocycles. The Hall–Kier alpha value is -2.73. The summed E-state index contributed by atoms with van der Waals surface area (Å²) in [6.07, 6.45) is 5.32. The predicted molar refractivity (Wildman–Crippen MR) is 102 cm³/mol. The largest absolute Gasteiger partial charge is 0.330 e. The van der Waals surface area contributed by atoms with Crippen LogP contribution in [0, 0.1) is 11.8 Å². The molecule has 3 rings (SSSR count). The molecule has 0 atom stereocenters. The van der Waals surface area contributed by atoms with Crippen molar-refractivity contribution in [3.63, 3.8) is 0 Å². The van der Waals surface area contributed by atoms with Crippen LogP contribution in [-0.4, -0.2) is 23.3 Å². The Morgan fingerprint density at radius 2 is 1.77 bits per heavy atom. The van der Waals surface area contributed by atoms with Gasteiger partial charge in [0.1, 0.15) is 5.82 Å². The van der Waals surface area contributed by atoms with E-state index in [0.717, 1.165) is 25.7 Å². The van der Waals surface area contributed by atoms with Crippen molar-refractivity contribution in [3.05, 3.63) is 54.2 Å². The van der Waals surface area contributed by atoms with Gasteiger partial charge in [-0.25, -0.2) is 4.98 Å². The lowest BCUT2D eigenvalue weighted by Gasteiger charge is -2.26. The molecule has 136 valence electrons. The Morgan fingerprint density at radius 3 is 2.46 bits per heavy atom. The van der Waals surface area contributed by atoms with Gasteiger partial charge in [0.25, 0.3) is 5.91 Å². The van der Waals surface area contributed by atoms with E-state index < -0.39 is 0 Å². The maximum absolute atomic E-state index is 12.5. The summed E-state index contributed by atoms with van der Waals surface area (Å²) < 4.78 is 0. The average molecular weight is 352 g/mol. The van der Waals surface area contributed by atoms with Crippen molar-refractivity contribution in [3.8, 4) is 0 Å². The lowest BCUT2D eigenvalue weighted by atomic mass is 9.81. The number of amides is 2. The number of carbonyl (C=O) groups is 2. The van der Waals surface area contributed by atoms with Gasteiger partial charge in [0.15, 0.2) is 0 Å². The second-order valence-electron chi connectivity index (χ2n) is 6.69. The van der Waals surface area contributed by atoms with Crippen molar-refractivity contribution in [2.45, 2.75) is 25.7 Å². The molecule has 0 radical (unpaired) electrons. The molecule has 1 heterocycles. The van der Waals surface area contributed by atoms with Gasteiger partial charge in [-0.3, -0.25) is 9.59 Å². The number of nitrogens with one attached hydrogen (secondary N) is 2. The van der Waals surface area contributed by atoms with Gasteiger partial charge >= 0.3 is 0 Å². The topological polar surface area (TPSA) is 97.1 Å². The summed E-state index contributed by atoms with van der Waals surface area (Å²) in [5, 5.41) is 5.69. The van der Waals surface area contributed by atoms with E-state index in [1.54, 1.807) is 42.6 Å². The Labute approximate surface area is 153 Å². The molecule has 0 spiro atoms. The van der Waals surface area contributed by atoms with E-state index in [0.29, 0.717) is 29.5 Å². The zero-order valence-electron chi connectivity index (χ0n) is 14.7. The zero-order chi connectivity index (χ0) is 18.4. The normalized spacial score (nSPS) is 19.6. The Morgan fingerprint density at radius 1 is 1.04 bits per heavy atom. The monoisotopic (exact) mass is 352 g/mol. The van der Waals surface area contributed by atoms with Crippen LogP contribution in [0.1, 0.15) is 36.0 Å². The van der Waals surface area contributed by atoms with Crippen molar-refractivity contribution in [1.82, 2.24) is 4.98 Å². The molecule has 1 aliphatic rings. The molecule has 4 N–H and O–H groups in total. The van der Waals surface area contributed by atoms with E-state index in [2.05, 4.69) is 15.6 Å². The first-order chi connectivity index (χ1) is 12.7. The number of carbonyl (C=O) groups excluding carboxylic acids is 2. The van der Waals surface area contributed by atoms with E-state index >= 15 is 0 Å². The first kappa shape index (κ1) is 18.1. The zero-order valence-corrected chi connectivity index (χ0v) is 14.7. The van der Waals surface area contributed by atoms with Crippen LogP contribution in [0.25, 0.3) is 0 Å². The second kappa shape index (κ2) is 8.58. The molecule has 6 heteroatoms. The van der Waals surface area contributed by atoms with Gasteiger partial charge in [-0.1, -0.05) is 18.2 Å². The third kappa shape index (κ3) is 4.67. The van der Waals surface area contributed by atoms with Gasteiger partial charge in [-0.2, -0.15) is 0 Å². The summed E-state index contributed by atoms with van der Waals surface area (Å²) in [6, 6.07) is 12.3. The highest BCUT2D eigenvalue weighted by Crippen LogP contribution is 2.29. The van der Waals surface area contributed by atoms with Gasteiger partial charge in [-0.15, -0.1) is 0 Å². The molecule has 2 amide bonds. The van der Waals surface area contributed by atoms with E-state index in [1.165, 1.54) is 0 Å². The van der Waals surface area contributed by atoms with Crippen LogP contribution in [-0.2, 0) is 4.79 Å². The molecule has 1 aliphatic carbocycles. The molecular formula is C20H24N4O2. The molecular weight excluding hydrogens is 328 g/mol. The van der Waals surface area contributed by atoms with E-state index in [-0.39, 0.29) is 17.7 Å². The highest BCUT2D eigenvalue weighted by molar-refractivity contribution is 6.04. The minimum atomic E-state index is -0.235. The third-order valence-electron chi connectivity index (χ3n) is 4.86. The maximum Gasteiger partial charge on any atom is 0.256 e. The number of aromatic nitrogens is 1. The molecule has 2 aromatic rings. The van der Waals surface area contributed by atoms with Gasteiger partial charge in [-0.05, 0) is 56.3 Å². The second-order valence-corrected chi connectivity index (χ2v) is 6.69. The highest BCUT2D eigenvalue weighted by atomic mass is 16.2. The third-order valence-corrected chi connectivity index (χ3v) is 4.86. The minimum absolute atomic E-state index is 0.0204. The molecule has 0 bridgehead atoms. The molecule has 0 unspecified atom stereocenters. The summed E-state index contributed by atoms with van der Waals surface area (Å²) in [5.41, 5.74) is 6.89. The molecule has 1 aromatic heterocycles. The van der Waals surface area contributed by atoms with Crippen LogP contribution in [0.15, 0.2) is 48.7 Å². The van der Waals surface area contributed by atoms with Crippen LogP contribution in [0.3, 0.4) is 0 Å². The number of anilines is 2. The Bertz CT molecular complexity index is 755. The highest BCUT2D eigenvalue weighted by Gasteiger charge is 2.25. The maximum atomic E-state index is 12.5. The smallest absolute Gasteiger partial charge is 0.256 e. The number of rotatable bonds is 5. The molecule has 6 nitrogen and oxygen atoms in total. The van der Waals surface area contributed by atoms with Crippen molar-refractivity contribution in [1.29, 1.82) is 0 Å². The number of nitrogens with zero attached hydrogens (tertiary/aromatic N) is 1. The van der Waals surface area contributed by atoms with Crippen molar-refractivity contribution in [2.75, 3.05) is 17.2 Å². The lowest BCUT2D eigenvalue weighted by Crippen LogP contribution is -2.29. The van der Waals surface area contributed by atoms with Crippen molar-refractivity contribution >= 4 is 23.3 Å². The Kier molecular flexibility index (Phi) is 5.96. The number of hydrogen-bond donors (Lipinski definition) is 3. The van der Waals surface area contributed by atoms with Gasteiger partial charge < -0.3 is 16.4 Å². The molecule has 0 aliphatic heterocycles. The van der Waals surface area contributed by atoms with Crippen LogP contribution >= 0.6 is 0 Å². The van der Waals surface area contributed by atoms with Gasteiger partial charge in [0.05, 0.1) is 0 Å². The number of benzene rings is 1. The van der Waals surface area contributed by atoms with Crippen LogP contribution < -0.4 is 16.4 Å². The predicted octanol–water partition coefficient (Wildman–Crippen LogP) is 3.04. The van der Waals surface area contributed by atoms with Crippen LogP contribution in [0.5, 0.6) is 0 Å². The Balaban J connectivity index is 1.59. The average Bonchev–Trinajstić information content (AvgIpc) is 2.69. The number of pyridine rings is 1. The number of nitrogens with two attached hydrogens (primary N) is 1. The quantitative estimate of drug-likeness (QED) is 0.770. The van der Waals surface area contributed by atoms with Gasteiger partial charge in [0.2, 0.25) is 5.91 Å². The molecule has 26 heavy (non-hydrogen) atoms.